The van der Waals surface area contributed by atoms with E-state index in [1.807, 2.05) is 0 Å². The predicted octanol–water partition coefficient (Wildman–Crippen LogP) is 1.03. The van der Waals surface area contributed by atoms with E-state index in [1.165, 1.54) is 0 Å². The van der Waals surface area contributed by atoms with Gasteiger partial charge in [-0.15, -0.1) is 0 Å². The summed E-state index contributed by atoms with van der Waals surface area (Å²) in [6, 6.07) is 0. The zero-order chi connectivity index (χ0) is 4.99. The largest absolute Gasteiger partial charge is 0.473 e. The first-order valence-electron chi connectivity index (χ1n) is 1.43. The number of hydrogen-bond donors (Lipinski definition) is 1. The molecule has 0 unspecified atom stereocenters. The lowest BCUT2D eigenvalue weighted by Gasteiger charge is -1.71. The van der Waals surface area contributed by atoms with E-state index in [0.717, 1.165) is 11.8 Å². The van der Waals surface area contributed by atoms with Crippen molar-refractivity contribution in [2.45, 2.75) is 0 Å². The quantitative estimate of drug-likeness (QED) is 0.487. The molecular formula is C2H4O2S. The van der Waals surface area contributed by atoms with E-state index in [2.05, 4.69) is 5.11 Å². The van der Waals surface area contributed by atoms with Crippen LogP contribution in [0, 0.1) is 0 Å². The van der Waals surface area contributed by atoms with Gasteiger partial charge in [-0.2, -0.15) is 0 Å². The Morgan fingerprint density at radius 3 is 3.00 bits per heavy atom. The van der Waals surface area contributed by atoms with Crippen LogP contribution < -0.4 is 0 Å². The normalized spacial score (nSPS) is 9.40. The second kappa shape index (κ2) is 2.08. The second-order valence-corrected chi connectivity index (χ2v) is 1.20. The molecule has 0 atom stereocenters. The van der Waals surface area contributed by atoms with Crippen molar-refractivity contribution in [2.24, 2.45) is 0 Å². The summed E-state index contributed by atoms with van der Waals surface area (Å²) in [6.45, 7) is 0. The Kier molecular flexibility index (Phi) is 1.26. The minimum absolute atomic E-state index is 0.574. The fraction of sp³-hybridized carbons (Fsp3) is 0.500. The van der Waals surface area contributed by atoms with E-state index in [1.54, 1.807) is 6.26 Å². The summed E-state index contributed by atoms with van der Waals surface area (Å²) in [7, 11) is 0. The van der Waals surface area contributed by atoms with Crippen LogP contribution in [0.2, 0.25) is 0 Å². The van der Waals surface area contributed by atoms with Gasteiger partial charge in [0.1, 0.15) is 0 Å². The lowest BCUT2D eigenvalue weighted by Crippen LogP contribution is -1.75. The number of thioether (sulfide) groups is 1. The van der Waals surface area contributed by atoms with E-state index in [4.69, 9.17) is 1.43 Å². The van der Waals surface area contributed by atoms with Crippen molar-refractivity contribution in [3.8, 4) is 0 Å². The van der Waals surface area contributed by atoms with Crippen LogP contribution in [0.3, 0.4) is 0 Å². The second-order valence-electron chi connectivity index (χ2n) is 0.454. The molecule has 5 heavy (non-hydrogen) atoms. The summed E-state index contributed by atoms with van der Waals surface area (Å²) in [6.07, 6.45) is 1.55. The van der Waals surface area contributed by atoms with Crippen LogP contribution in [-0.2, 0) is 0 Å². The van der Waals surface area contributed by atoms with Gasteiger partial charge in [-0.1, -0.05) is 0 Å². The zero-order valence-corrected chi connectivity index (χ0v) is 3.54. The van der Waals surface area contributed by atoms with Gasteiger partial charge in [0.2, 0.25) is 0 Å². The first-order chi connectivity index (χ1) is 2.81. The van der Waals surface area contributed by atoms with Gasteiger partial charge in [0.15, 0.2) is 0 Å². The third-order valence-corrected chi connectivity index (χ3v) is 0.500. The molecule has 2 nitrogen and oxygen atoms in total. The van der Waals surface area contributed by atoms with Gasteiger partial charge in [-0.25, -0.2) is 4.79 Å². The Balaban J connectivity index is 2.99. The van der Waals surface area contributed by atoms with Crippen LogP contribution in [0.25, 0.3) is 1.43 Å². The first kappa shape index (κ1) is 3.03. The number of hydrogen-bond acceptors (Lipinski definition) is 3. The number of carboxylic acid groups (broad SMARTS) is 1. The Labute approximate surface area is 35.7 Å². The minimum atomic E-state index is -0.574. The molecule has 0 aliphatic rings. The molecule has 0 bridgehead atoms. The van der Waals surface area contributed by atoms with Crippen molar-refractivity contribution >= 4 is 17.1 Å². The Morgan fingerprint density at radius 2 is 3.00 bits per heavy atom. The minimum Gasteiger partial charge on any atom is -0.473 e. The van der Waals surface area contributed by atoms with Crippen LogP contribution >= 0.6 is 11.8 Å². The summed E-state index contributed by atoms with van der Waals surface area (Å²) in [5, 5.41) is 2.90. The molecule has 0 heterocycles. The predicted molar refractivity (Wildman–Crippen MR) is 21.5 cm³/mol. The van der Waals surface area contributed by atoms with Crippen molar-refractivity contribution in [1.82, 2.24) is 0 Å². The van der Waals surface area contributed by atoms with Crippen molar-refractivity contribution in [1.29, 1.82) is 1.43 Å². The SMILES string of the molecule is [3H]OC(=O)SC. The molecule has 0 radical (unpaired) electrons. The van der Waals surface area contributed by atoms with Crippen LogP contribution in [0.4, 0.5) is 4.79 Å². The van der Waals surface area contributed by atoms with Gasteiger partial charge in [0, 0.05) is 0 Å². The maximum atomic E-state index is 9.73. The average molecular weight is 94.1 g/mol. The van der Waals surface area contributed by atoms with E-state index in [0.29, 0.717) is 0 Å². The molecule has 0 aliphatic heterocycles. The van der Waals surface area contributed by atoms with Crippen molar-refractivity contribution in [3.05, 3.63) is 0 Å². The maximum absolute atomic E-state index is 9.73. The average Bonchev–Trinajstić information content (AvgIpc) is 1.65. The first-order valence-corrected chi connectivity index (χ1v) is 2.25. The Hall–Kier alpha value is -0.180. The van der Waals surface area contributed by atoms with Gasteiger partial charge in [-0.3, -0.25) is 0 Å². The molecule has 0 spiro atoms. The Bertz CT molecular complexity index is 49.5. The van der Waals surface area contributed by atoms with E-state index in [-0.39, 0.29) is 0 Å². The third-order valence-electron chi connectivity index (χ3n) is 0.167. The molecule has 0 fully saturated rings. The summed E-state index contributed by atoms with van der Waals surface area (Å²) in [5.41, 5.74) is 0. The molecule has 0 rings (SSSR count). The van der Waals surface area contributed by atoms with Gasteiger partial charge in [-0.05, 0) is 18.0 Å². The molecule has 0 amide bonds. The van der Waals surface area contributed by atoms with Crippen molar-refractivity contribution in [2.75, 3.05) is 6.26 Å². The molecule has 1 N–H and O–H groups in total. The fourth-order valence-corrected chi connectivity index (χ4v) is 0. The van der Waals surface area contributed by atoms with Crippen molar-refractivity contribution in [3.63, 3.8) is 0 Å². The summed E-state index contributed by atoms with van der Waals surface area (Å²) in [4.78, 5) is 9.73. The van der Waals surface area contributed by atoms with E-state index >= 15 is 0 Å². The fourth-order valence-electron chi connectivity index (χ4n) is 0. The molecule has 0 aromatic heterocycles. The molecule has 0 saturated carbocycles. The molecular weight excluding hydrogens is 88.1 g/mol. The van der Waals surface area contributed by atoms with Crippen LogP contribution in [0.15, 0.2) is 0 Å². The van der Waals surface area contributed by atoms with Gasteiger partial charge < -0.3 is 5.11 Å². The smallest absolute Gasteiger partial charge is 0.364 e. The maximum Gasteiger partial charge on any atom is 0.364 e. The Morgan fingerprint density at radius 1 is 2.40 bits per heavy atom. The van der Waals surface area contributed by atoms with Crippen LogP contribution in [-0.4, -0.2) is 16.7 Å². The highest BCUT2D eigenvalue weighted by molar-refractivity contribution is 8.12. The summed E-state index contributed by atoms with van der Waals surface area (Å²) in [5.74, 6) is 0. The topological polar surface area (TPSA) is 37.3 Å². The number of rotatable bonds is 0. The molecule has 0 aliphatic carbocycles. The van der Waals surface area contributed by atoms with Gasteiger partial charge in [0.05, 0.1) is 0 Å². The van der Waals surface area contributed by atoms with Crippen LogP contribution in [0.5, 0.6) is 0 Å². The zero-order valence-electron chi connectivity index (χ0n) is 3.72. The van der Waals surface area contributed by atoms with E-state index < -0.39 is 5.30 Å². The monoisotopic (exact) mass is 94.0 g/mol. The van der Waals surface area contributed by atoms with Crippen molar-refractivity contribution < 1.29 is 9.90 Å². The molecule has 0 aromatic carbocycles. The molecule has 3 heteroatoms. The van der Waals surface area contributed by atoms with E-state index in [9.17, 15) is 4.79 Å². The third kappa shape index (κ3) is 3.82. The highest BCUT2D eigenvalue weighted by atomic mass is 32.2. The van der Waals surface area contributed by atoms with Crippen LogP contribution in [0.1, 0.15) is 0 Å². The summed E-state index contributed by atoms with van der Waals surface area (Å²) >= 11 is 0.876. The number of carbonyl (C=O) groups is 1. The standard InChI is InChI=1S/C2H4O2S/c1-5-2(3)4/h1H3,(H,3,4)/i/hT. The highest BCUT2D eigenvalue weighted by Gasteiger charge is 1.81. The summed E-state index contributed by atoms with van der Waals surface area (Å²) < 4.78 is 5.94. The molecule has 0 saturated heterocycles. The molecule has 0 aromatic rings. The van der Waals surface area contributed by atoms with Gasteiger partial charge >= 0.3 is 5.30 Å². The van der Waals surface area contributed by atoms with Gasteiger partial charge in [0.25, 0.3) is 1.43 Å². The lowest BCUT2D eigenvalue weighted by molar-refractivity contribution is 0.222. The lowest BCUT2D eigenvalue weighted by atomic mass is 11.6. The highest BCUT2D eigenvalue weighted by Crippen LogP contribution is 1.88. The molecule has 30 valence electrons.